The Kier molecular flexibility index (Phi) is 11.9. The van der Waals surface area contributed by atoms with E-state index in [1.54, 1.807) is 0 Å². The molecule has 18 heavy (non-hydrogen) atoms. The van der Waals surface area contributed by atoms with Crippen molar-refractivity contribution >= 4 is 6.16 Å². The number of nitrogens with zero attached hydrogens (tertiary/aromatic N) is 2. The number of carbonyl (C=O) groups is 1. The van der Waals surface area contributed by atoms with Gasteiger partial charge in [0.1, 0.15) is 0 Å². The van der Waals surface area contributed by atoms with E-state index < -0.39 is 6.16 Å². The third-order valence-corrected chi connectivity index (χ3v) is 2.43. The standard InChI is InChI=1S/C10H14N2.CH2O3.Cu.H2O/c1-3-7-11-9(5-1)10-6-2-4-8-12-10;2-1(3)4;;/h1,3,5,7,9-10H,2,4,6,8H2;(H2,2,3,4);;1H2/q-2;;+2;. The number of hydrogen-bond acceptors (Lipinski definition) is 1. The first kappa shape index (κ1) is 19.3. The SMILES string of the molecule is C1=C[N-]C(C2CCCC[N-]2)C=C1.O.O=C(O)O.[Cu+2]. The first-order chi connectivity index (χ1) is 7.70. The molecule has 0 aromatic heterocycles. The van der Waals surface area contributed by atoms with Crippen molar-refractivity contribution in [3.05, 3.63) is 35.1 Å². The molecule has 1 fully saturated rings. The fourth-order valence-electron chi connectivity index (χ4n) is 1.75. The van der Waals surface area contributed by atoms with E-state index in [9.17, 15) is 0 Å². The van der Waals surface area contributed by atoms with Crippen LogP contribution in [-0.2, 0) is 17.1 Å². The first-order valence-electron chi connectivity index (χ1n) is 5.32. The Labute approximate surface area is 117 Å². The van der Waals surface area contributed by atoms with Gasteiger partial charge in [-0.15, -0.1) is 24.7 Å². The second kappa shape index (κ2) is 11.1. The number of hydrogen-bond donors (Lipinski definition) is 2. The summed E-state index contributed by atoms with van der Waals surface area (Å²) < 4.78 is 0. The molecule has 2 heterocycles. The van der Waals surface area contributed by atoms with Crippen molar-refractivity contribution in [2.45, 2.75) is 31.3 Å². The molecule has 2 unspecified atom stereocenters. The van der Waals surface area contributed by atoms with Crippen molar-refractivity contribution in [3.63, 3.8) is 0 Å². The van der Waals surface area contributed by atoms with Crippen LogP contribution in [0.2, 0.25) is 0 Å². The summed E-state index contributed by atoms with van der Waals surface area (Å²) in [4.78, 5) is 8.56. The molecule has 1 saturated heterocycles. The molecule has 0 aromatic rings. The van der Waals surface area contributed by atoms with Gasteiger partial charge < -0.3 is 26.3 Å². The van der Waals surface area contributed by atoms with E-state index in [4.69, 9.17) is 15.0 Å². The number of carboxylic acid groups (broad SMARTS) is 2. The van der Waals surface area contributed by atoms with Crippen LogP contribution in [-0.4, -0.2) is 40.5 Å². The molecule has 0 amide bonds. The van der Waals surface area contributed by atoms with Crippen LogP contribution < -0.4 is 0 Å². The van der Waals surface area contributed by atoms with Crippen LogP contribution in [0.3, 0.4) is 0 Å². The van der Waals surface area contributed by atoms with Crippen LogP contribution in [0.4, 0.5) is 4.79 Å². The molecule has 4 N–H and O–H groups in total. The van der Waals surface area contributed by atoms with Crippen LogP contribution in [0.5, 0.6) is 0 Å². The molecule has 2 aliphatic heterocycles. The van der Waals surface area contributed by atoms with Gasteiger partial charge in [-0.2, -0.15) is 6.20 Å². The van der Waals surface area contributed by atoms with Crippen LogP contribution in [0.1, 0.15) is 19.3 Å². The molecule has 2 rings (SSSR count). The Hall–Kier alpha value is -1.01. The summed E-state index contributed by atoms with van der Waals surface area (Å²) in [5, 5.41) is 22.9. The topological polar surface area (TPSA) is 117 Å². The fraction of sp³-hybridized carbons (Fsp3) is 0.545. The number of rotatable bonds is 1. The Morgan fingerprint density at radius 1 is 1.22 bits per heavy atom. The number of allylic oxidation sites excluding steroid dienone is 2. The van der Waals surface area contributed by atoms with Gasteiger partial charge in [0.2, 0.25) is 0 Å². The third-order valence-electron chi connectivity index (χ3n) is 2.43. The normalized spacial score (nSPS) is 24.4. The molecule has 0 saturated carbocycles. The molecule has 0 bridgehead atoms. The maximum atomic E-state index is 8.56. The van der Waals surface area contributed by atoms with Gasteiger partial charge in [0.25, 0.3) is 0 Å². The molecule has 0 aromatic carbocycles. The van der Waals surface area contributed by atoms with Crippen molar-refractivity contribution in [2.75, 3.05) is 6.54 Å². The zero-order valence-electron chi connectivity index (χ0n) is 9.79. The van der Waals surface area contributed by atoms with Gasteiger partial charge in [0, 0.05) is 0 Å². The fourth-order valence-corrected chi connectivity index (χ4v) is 1.75. The second-order valence-electron chi connectivity index (χ2n) is 3.62. The molecule has 6 nitrogen and oxygen atoms in total. The average molecular weight is 306 g/mol. The average Bonchev–Trinajstić information content (AvgIpc) is 2.31. The van der Waals surface area contributed by atoms with Gasteiger partial charge in [-0.25, -0.2) is 4.79 Å². The zero-order chi connectivity index (χ0) is 11.8. The number of piperidine rings is 1. The van der Waals surface area contributed by atoms with E-state index in [0.29, 0.717) is 12.1 Å². The minimum absolute atomic E-state index is 0. The molecular weight excluding hydrogens is 288 g/mol. The second-order valence-corrected chi connectivity index (χ2v) is 3.62. The van der Waals surface area contributed by atoms with Gasteiger partial charge in [-0.3, -0.25) is 0 Å². The van der Waals surface area contributed by atoms with Gasteiger partial charge in [0.05, 0.1) is 0 Å². The van der Waals surface area contributed by atoms with Gasteiger partial charge in [-0.1, -0.05) is 31.4 Å². The molecule has 0 aliphatic carbocycles. The largest absolute Gasteiger partial charge is 2.00 e. The monoisotopic (exact) mass is 305 g/mol. The van der Waals surface area contributed by atoms with Crippen molar-refractivity contribution in [1.29, 1.82) is 0 Å². The van der Waals surface area contributed by atoms with Crippen LogP contribution in [0, 0.1) is 0 Å². The molecule has 1 radical (unpaired) electrons. The van der Waals surface area contributed by atoms with E-state index in [2.05, 4.69) is 22.8 Å². The Bertz CT molecular complexity index is 274. The van der Waals surface area contributed by atoms with Crippen LogP contribution in [0.25, 0.3) is 10.6 Å². The van der Waals surface area contributed by atoms with Gasteiger partial charge >= 0.3 is 23.2 Å². The summed E-state index contributed by atoms with van der Waals surface area (Å²) in [7, 11) is 0. The molecule has 2 atom stereocenters. The Balaban J connectivity index is 0. The van der Waals surface area contributed by atoms with Crippen LogP contribution >= 0.6 is 0 Å². The van der Waals surface area contributed by atoms with Gasteiger partial charge in [0.15, 0.2) is 0 Å². The predicted molar refractivity (Wildman–Crippen MR) is 65.6 cm³/mol. The van der Waals surface area contributed by atoms with Crippen molar-refractivity contribution in [2.24, 2.45) is 0 Å². The third kappa shape index (κ3) is 8.14. The molecular formula is C11H18CuN2O4. The van der Waals surface area contributed by atoms with Crippen molar-refractivity contribution in [1.82, 2.24) is 0 Å². The van der Waals surface area contributed by atoms with Crippen LogP contribution in [0.15, 0.2) is 24.4 Å². The Morgan fingerprint density at radius 2 is 1.89 bits per heavy atom. The minimum atomic E-state index is -1.83. The van der Waals surface area contributed by atoms with E-state index in [0.717, 1.165) is 6.54 Å². The summed E-state index contributed by atoms with van der Waals surface area (Å²) in [5.41, 5.74) is 0. The van der Waals surface area contributed by atoms with Crippen molar-refractivity contribution in [3.8, 4) is 0 Å². The zero-order valence-corrected chi connectivity index (χ0v) is 10.7. The summed E-state index contributed by atoms with van der Waals surface area (Å²) in [5.74, 6) is 0. The summed E-state index contributed by atoms with van der Waals surface area (Å²) in [6.07, 6.45) is 10.0. The quantitative estimate of drug-likeness (QED) is 0.722. The smallest absolute Gasteiger partial charge is 0.686 e. The Morgan fingerprint density at radius 3 is 2.33 bits per heavy atom. The van der Waals surface area contributed by atoms with Crippen molar-refractivity contribution < 1.29 is 37.6 Å². The van der Waals surface area contributed by atoms with E-state index in [1.807, 2.05) is 12.3 Å². The minimum Gasteiger partial charge on any atom is -0.686 e. The summed E-state index contributed by atoms with van der Waals surface area (Å²) in [6, 6.07) is 0.787. The predicted octanol–water partition coefficient (Wildman–Crippen LogP) is 2.13. The summed E-state index contributed by atoms with van der Waals surface area (Å²) >= 11 is 0. The van der Waals surface area contributed by atoms with E-state index >= 15 is 0 Å². The maximum absolute atomic E-state index is 8.56. The molecule has 7 heteroatoms. The molecule has 2 aliphatic rings. The van der Waals surface area contributed by atoms with E-state index in [-0.39, 0.29) is 22.5 Å². The van der Waals surface area contributed by atoms with Gasteiger partial charge in [-0.05, 0) is 0 Å². The molecule has 0 spiro atoms. The maximum Gasteiger partial charge on any atom is 2.00 e. The first-order valence-corrected chi connectivity index (χ1v) is 5.32. The molecule has 107 valence electrons. The van der Waals surface area contributed by atoms with E-state index in [1.165, 1.54) is 19.3 Å². The summed E-state index contributed by atoms with van der Waals surface area (Å²) in [6.45, 7) is 1.04.